The molecule has 1 heterocycles. The Labute approximate surface area is 85.3 Å². The molecule has 0 aromatic rings. The average molecular weight is 222 g/mol. The van der Waals surface area contributed by atoms with E-state index in [0.29, 0.717) is 19.0 Å². The number of rotatable bonds is 6. The molecule has 1 saturated heterocycles. The molecule has 0 aromatic heterocycles. The van der Waals surface area contributed by atoms with E-state index >= 15 is 0 Å². The lowest BCUT2D eigenvalue weighted by molar-refractivity contribution is 0.185. The quantitative estimate of drug-likeness (QED) is 0.575. The second kappa shape index (κ2) is 5.65. The van der Waals surface area contributed by atoms with Crippen LogP contribution in [0.3, 0.4) is 0 Å². The number of sulfonamides is 1. The van der Waals surface area contributed by atoms with Gasteiger partial charge in [-0.25, -0.2) is 13.1 Å². The van der Waals surface area contributed by atoms with Gasteiger partial charge in [0, 0.05) is 26.2 Å². The van der Waals surface area contributed by atoms with Crippen LogP contribution in [-0.4, -0.2) is 47.5 Å². The minimum atomic E-state index is -3.04. The van der Waals surface area contributed by atoms with Crippen molar-refractivity contribution in [2.24, 2.45) is 5.92 Å². The predicted molar refractivity (Wildman–Crippen MR) is 54.6 cm³/mol. The molecule has 2 N–H and O–H groups in total. The summed E-state index contributed by atoms with van der Waals surface area (Å²) in [7, 11) is -3.04. The molecule has 1 atom stereocenters. The Hall–Kier alpha value is -0.170. The number of ether oxygens (including phenoxy) is 1. The van der Waals surface area contributed by atoms with Crippen LogP contribution in [0.5, 0.6) is 0 Å². The second-order valence-electron chi connectivity index (χ2n) is 3.60. The molecular formula is C8H18N2O3S. The molecule has 1 aliphatic heterocycles. The van der Waals surface area contributed by atoms with Crippen LogP contribution in [0.1, 0.15) is 6.42 Å². The lowest BCUT2D eigenvalue weighted by Gasteiger charge is -2.09. The molecule has 0 bridgehead atoms. The van der Waals surface area contributed by atoms with Crippen LogP contribution in [0.2, 0.25) is 0 Å². The van der Waals surface area contributed by atoms with E-state index in [-0.39, 0.29) is 0 Å². The SMILES string of the molecule is CS(=O)(=O)NCCNCC1CCOC1. The van der Waals surface area contributed by atoms with Gasteiger partial charge in [0.05, 0.1) is 12.9 Å². The highest BCUT2D eigenvalue weighted by Crippen LogP contribution is 2.10. The summed E-state index contributed by atoms with van der Waals surface area (Å²) in [4.78, 5) is 0. The van der Waals surface area contributed by atoms with Crippen LogP contribution in [-0.2, 0) is 14.8 Å². The van der Waals surface area contributed by atoms with Gasteiger partial charge in [0.1, 0.15) is 0 Å². The largest absolute Gasteiger partial charge is 0.381 e. The minimum absolute atomic E-state index is 0.451. The molecule has 14 heavy (non-hydrogen) atoms. The Morgan fingerprint density at radius 2 is 2.21 bits per heavy atom. The zero-order valence-electron chi connectivity index (χ0n) is 8.45. The molecule has 1 rings (SSSR count). The van der Waals surface area contributed by atoms with Gasteiger partial charge in [-0.05, 0) is 12.3 Å². The summed E-state index contributed by atoms with van der Waals surface area (Å²) >= 11 is 0. The first-order chi connectivity index (χ1) is 6.58. The predicted octanol–water partition coefficient (Wildman–Crippen LogP) is -0.838. The molecule has 0 aromatic carbocycles. The number of nitrogens with one attached hydrogen (secondary N) is 2. The van der Waals surface area contributed by atoms with Crippen molar-refractivity contribution in [2.75, 3.05) is 39.1 Å². The molecule has 1 aliphatic rings. The topological polar surface area (TPSA) is 67.4 Å². The normalized spacial score (nSPS) is 22.8. The fourth-order valence-electron chi connectivity index (χ4n) is 1.38. The number of hydrogen-bond acceptors (Lipinski definition) is 4. The van der Waals surface area contributed by atoms with Gasteiger partial charge >= 0.3 is 0 Å². The van der Waals surface area contributed by atoms with E-state index < -0.39 is 10.0 Å². The van der Waals surface area contributed by atoms with Crippen LogP contribution >= 0.6 is 0 Å². The summed E-state index contributed by atoms with van der Waals surface area (Å²) in [6.07, 6.45) is 2.27. The van der Waals surface area contributed by atoms with Crippen LogP contribution in [0.25, 0.3) is 0 Å². The maximum Gasteiger partial charge on any atom is 0.208 e. The van der Waals surface area contributed by atoms with Gasteiger partial charge in [-0.3, -0.25) is 0 Å². The molecule has 0 saturated carbocycles. The van der Waals surface area contributed by atoms with Gasteiger partial charge < -0.3 is 10.1 Å². The third-order valence-electron chi connectivity index (χ3n) is 2.12. The summed E-state index contributed by atoms with van der Waals surface area (Å²) in [5.41, 5.74) is 0. The zero-order chi connectivity index (χ0) is 10.4. The van der Waals surface area contributed by atoms with E-state index in [1.165, 1.54) is 0 Å². The van der Waals surface area contributed by atoms with Crippen molar-refractivity contribution >= 4 is 10.0 Å². The highest BCUT2D eigenvalue weighted by Gasteiger charge is 2.14. The van der Waals surface area contributed by atoms with Crippen molar-refractivity contribution in [3.8, 4) is 0 Å². The van der Waals surface area contributed by atoms with Gasteiger partial charge in [0.2, 0.25) is 10.0 Å². The molecule has 0 amide bonds. The van der Waals surface area contributed by atoms with Gasteiger partial charge in [-0.1, -0.05) is 0 Å². The summed E-state index contributed by atoms with van der Waals surface area (Å²) < 4.78 is 29.0. The molecule has 0 spiro atoms. The third kappa shape index (κ3) is 5.54. The third-order valence-corrected chi connectivity index (χ3v) is 2.85. The van der Waals surface area contributed by atoms with Gasteiger partial charge in [0.15, 0.2) is 0 Å². The average Bonchev–Trinajstić information content (AvgIpc) is 2.54. The number of hydrogen-bond donors (Lipinski definition) is 2. The van der Waals surface area contributed by atoms with E-state index in [1.54, 1.807) is 0 Å². The Morgan fingerprint density at radius 1 is 1.43 bits per heavy atom. The minimum Gasteiger partial charge on any atom is -0.381 e. The lowest BCUT2D eigenvalue weighted by atomic mass is 10.1. The van der Waals surface area contributed by atoms with Gasteiger partial charge in [0.25, 0.3) is 0 Å². The maximum atomic E-state index is 10.7. The molecule has 1 fully saturated rings. The van der Waals surface area contributed by atoms with Crippen molar-refractivity contribution in [1.29, 1.82) is 0 Å². The van der Waals surface area contributed by atoms with Crippen LogP contribution < -0.4 is 10.0 Å². The smallest absolute Gasteiger partial charge is 0.208 e. The Bertz CT molecular complexity index is 247. The molecule has 6 heteroatoms. The molecule has 1 unspecified atom stereocenters. The summed E-state index contributed by atoms with van der Waals surface area (Å²) in [5.74, 6) is 0.591. The van der Waals surface area contributed by atoms with E-state index in [0.717, 1.165) is 32.4 Å². The molecule has 84 valence electrons. The Kier molecular flexibility index (Phi) is 4.80. The van der Waals surface area contributed by atoms with Crippen molar-refractivity contribution in [3.63, 3.8) is 0 Å². The van der Waals surface area contributed by atoms with Gasteiger partial charge in [-0.15, -0.1) is 0 Å². The van der Waals surface area contributed by atoms with E-state index in [2.05, 4.69) is 10.0 Å². The fourth-order valence-corrected chi connectivity index (χ4v) is 1.85. The van der Waals surface area contributed by atoms with E-state index in [1.807, 2.05) is 0 Å². The first-order valence-corrected chi connectivity index (χ1v) is 6.70. The standard InChI is InChI=1S/C8H18N2O3S/c1-14(11,12)10-4-3-9-6-8-2-5-13-7-8/h8-10H,2-7H2,1H3. The van der Waals surface area contributed by atoms with Crippen LogP contribution in [0, 0.1) is 5.92 Å². The first-order valence-electron chi connectivity index (χ1n) is 4.81. The fraction of sp³-hybridized carbons (Fsp3) is 1.00. The van der Waals surface area contributed by atoms with Crippen molar-refractivity contribution in [1.82, 2.24) is 10.0 Å². The molecule has 0 radical (unpaired) electrons. The summed E-state index contributed by atoms with van der Waals surface area (Å²) in [6.45, 7) is 3.71. The Balaban J connectivity index is 1.94. The van der Waals surface area contributed by atoms with Crippen LogP contribution in [0.4, 0.5) is 0 Å². The zero-order valence-corrected chi connectivity index (χ0v) is 9.27. The first kappa shape index (κ1) is 11.9. The summed E-state index contributed by atoms with van der Waals surface area (Å²) in [6, 6.07) is 0. The monoisotopic (exact) mass is 222 g/mol. The Morgan fingerprint density at radius 3 is 2.79 bits per heavy atom. The highest BCUT2D eigenvalue weighted by atomic mass is 32.2. The van der Waals surface area contributed by atoms with Crippen molar-refractivity contribution < 1.29 is 13.2 Å². The van der Waals surface area contributed by atoms with Crippen molar-refractivity contribution in [2.45, 2.75) is 6.42 Å². The second-order valence-corrected chi connectivity index (χ2v) is 5.43. The summed E-state index contributed by atoms with van der Waals surface area (Å²) in [5, 5.41) is 3.19. The maximum absolute atomic E-state index is 10.7. The molecule has 5 nitrogen and oxygen atoms in total. The van der Waals surface area contributed by atoms with Crippen LogP contribution in [0.15, 0.2) is 0 Å². The van der Waals surface area contributed by atoms with E-state index in [4.69, 9.17) is 4.74 Å². The van der Waals surface area contributed by atoms with Crippen molar-refractivity contribution in [3.05, 3.63) is 0 Å². The highest BCUT2D eigenvalue weighted by molar-refractivity contribution is 7.88. The lowest BCUT2D eigenvalue weighted by Crippen LogP contribution is -2.33. The molecular weight excluding hydrogens is 204 g/mol. The molecule has 0 aliphatic carbocycles. The van der Waals surface area contributed by atoms with Gasteiger partial charge in [-0.2, -0.15) is 0 Å². The van der Waals surface area contributed by atoms with E-state index in [9.17, 15) is 8.42 Å².